The number of amides is 1. The van der Waals surface area contributed by atoms with Gasteiger partial charge < -0.3 is 10.1 Å². The summed E-state index contributed by atoms with van der Waals surface area (Å²) in [5.74, 6) is -0.617. The Labute approximate surface area is 190 Å². The van der Waals surface area contributed by atoms with Crippen molar-refractivity contribution in [3.05, 3.63) is 69.8 Å². The zero-order chi connectivity index (χ0) is 22.0. The van der Waals surface area contributed by atoms with E-state index in [0.29, 0.717) is 32.6 Å². The molecule has 0 saturated heterocycles. The predicted octanol–water partition coefficient (Wildman–Crippen LogP) is 5.31. The number of carbonyl (C=O) groups is 2. The molecule has 8 heteroatoms. The highest BCUT2D eigenvalue weighted by molar-refractivity contribution is 6.36. The fourth-order valence-electron chi connectivity index (χ4n) is 3.35. The zero-order valence-corrected chi connectivity index (χ0v) is 18.4. The van der Waals surface area contributed by atoms with E-state index in [4.69, 9.17) is 27.9 Å². The molecule has 0 bridgehead atoms. The highest BCUT2D eigenvalue weighted by Gasteiger charge is 2.21. The second-order valence-electron chi connectivity index (χ2n) is 7.32. The molecule has 1 aliphatic carbocycles. The molecule has 0 unspecified atom stereocenters. The van der Waals surface area contributed by atoms with Gasteiger partial charge in [-0.25, -0.2) is 9.48 Å². The molecule has 3 aromatic rings. The molecule has 1 aliphatic rings. The molecule has 4 rings (SSSR count). The molecular formula is C23H21Cl2N3O3. The number of nitrogens with zero attached hydrogens (tertiary/aromatic N) is 2. The van der Waals surface area contributed by atoms with E-state index in [0.717, 1.165) is 19.3 Å². The molecule has 1 amide bonds. The van der Waals surface area contributed by atoms with Crippen LogP contribution in [0, 0.1) is 0 Å². The first-order valence-electron chi connectivity index (χ1n) is 10.1. The first kappa shape index (κ1) is 21.4. The Morgan fingerprint density at radius 1 is 1.13 bits per heavy atom. The van der Waals surface area contributed by atoms with Gasteiger partial charge in [-0.3, -0.25) is 4.79 Å². The van der Waals surface area contributed by atoms with Crippen molar-refractivity contribution < 1.29 is 14.3 Å². The maximum absolute atomic E-state index is 12.4. The van der Waals surface area contributed by atoms with E-state index in [2.05, 4.69) is 10.4 Å². The van der Waals surface area contributed by atoms with Gasteiger partial charge in [0.1, 0.15) is 0 Å². The Kier molecular flexibility index (Phi) is 6.30. The lowest BCUT2D eigenvalue weighted by molar-refractivity contribution is 0.0518. The molecule has 0 radical (unpaired) electrons. The Bertz CT molecular complexity index is 1120. The van der Waals surface area contributed by atoms with Gasteiger partial charge in [0, 0.05) is 22.2 Å². The third-order valence-corrected chi connectivity index (χ3v) is 5.76. The van der Waals surface area contributed by atoms with Crippen LogP contribution in [-0.2, 0) is 4.74 Å². The summed E-state index contributed by atoms with van der Waals surface area (Å²) in [6.07, 6.45) is 3.21. The summed E-state index contributed by atoms with van der Waals surface area (Å²) < 4.78 is 6.71. The lowest BCUT2D eigenvalue weighted by Crippen LogP contribution is -2.39. The molecule has 31 heavy (non-hydrogen) atoms. The molecule has 1 saturated carbocycles. The number of esters is 1. The van der Waals surface area contributed by atoms with Crippen molar-refractivity contribution in [2.45, 2.75) is 32.2 Å². The molecule has 1 aromatic heterocycles. The minimum absolute atomic E-state index is 0.0927. The first-order chi connectivity index (χ1) is 15.0. The van der Waals surface area contributed by atoms with Gasteiger partial charge in [-0.1, -0.05) is 23.2 Å². The highest BCUT2D eigenvalue weighted by atomic mass is 35.5. The maximum Gasteiger partial charge on any atom is 0.358 e. The highest BCUT2D eigenvalue weighted by Crippen LogP contribution is 2.32. The number of hydrogen-bond acceptors (Lipinski definition) is 4. The van der Waals surface area contributed by atoms with Crippen molar-refractivity contribution in [1.29, 1.82) is 0 Å². The van der Waals surface area contributed by atoms with Crippen LogP contribution in [0.4, 0.5) is 0 Å². The molecule has 1 heterocycles. The van der Waals surface area contributed by atoms with Gasteiger partial charge in [0.15, 0.2) is 5.69 Å². The molecule has 1 N–H and O–H groups in total. The van der Waals surface area contributed by atoms with E-state index in [1.54, 1.807) is 60.1 Å². The Balaban J connectivity index is 1.70. The van der Waals surface area contributed by atoms with Crippen molar-refractivity contribution in [1.82, 2.24) is 15.1 Å². The van der Waals surface area contributed by atoms with Crippen LogP contribution in [0.3, 0.4) is 0 Å². The van der Waals surface area contributed by atoms with E-state index in [1.807, 2.05) is 0 Å². The molecule has 160 valence electrons. The monoisotopic (exact) mass is 457 g/mol. The summed E-state index contributed by atoms with van der Waals surface area (Å²) in [5.41, 5.74) is 2.68. The number of benzene rings is 2. The summed E-state index contributed by atoms with van der Waals surface area (Å²) >= 11 is 12.5. The minimum Gasteiger partial charge on any atom is -0.461 e. The molecule has 2 aromatic carbocycles. The van der Waals surface area contributed by atoms with E-state index in [9.17, 15) is 9.59 Å². The molecular weight excluding hydrogens is 437 g/mol. The van der Waals surface area contributed by atoms with Crippen molar-refractivity contribution in [3.63, 3.8) is 0 Å². The third kappa shape index (κ3) is 4.60. The molecule has 0 aliphatic heterocycles. The second-order valence-corrected chi connectivity index (χ2v) is 8.16. The SMILES string of the molecule is CCOC(=O)c1cc(-c2ccc(Cl)cc2Cl)n(-c2ccc(C(=O)NC3CCC3)cc2)n1. The molecule has 0 spiro atoms. The van der Waals surface area contributed by atoms with Crippen LogP contribution in [0.5, 0.6) is 0 Å². The normalized spacial score (nSPS) is 13.5. The minimum atomic E-state index is -0.524. The average Bonchev–Trinajstić information content (AvgIpc) is 3.16. The van der Waals surface area contributed by atoms with Crippen molar-refractivity contribution >= 4 is 35.1 Å². The molecule has 6 nitrogen and oxygen atoms in total. The lowest BCUT2D eigenvalue weighted by atomic mass is 9.93. The number of carbonyl (C=O) groups excluding carboxylic acids is 2. The van der Waals surface area contributed by atoms with Crippen LogP contribution in [0.2, 0.25) is 10.0 Å². The second kappa shape index (κ2) is 9.12. The van der Waals surface area contributed by atoms with Gasteiger partial charge in [0.2, 0.25) is 0 Å². The topological polar surface area (TPSA) is 73.2 Å². The average molecular weight is 458 g/mol. The van der Waals surface area contributed by atoms with E-state index >= 15 is 0 Å². The van der Waals surface area contributed by atoms with Crippen molar-refractivity contribution in [2.75, 3.05) is 6.61 Å². The van der Waals surface area contributed by atoms with E-state index < -0.39 is 5.97 Å². The summed E-state index contributed by atoms with van der Waals surface area (Å²) in [7, 11) is 0. The summed E-state index contributed by atoms with van der Waals surface area (Å²) in [6, 6.07) is 14.1. The van der Waals surface area contributed by atoms with E-state index in [-0.39, 0.29) is 24.2 Å². The number of halogens is 2. The summed E-state index contributed by atoms with van der Waals surface area (Å²) in [6.45, 7) is 1.98. The Hall–Kier alpha value is -2.83. The summed E-state index contributed by atoms with van der Waals surface area (Å²) in [5, 5.41) is 8.39. The standard InChI is InChI=1S/C23H21Cl2N3O3/c1-2-31-23(30)20-13-21(18-11-8-15(24)12-19(18)25)28(27-20)17-9-6-14(7-10-17)22(29)26-16-4-3-5-16/h6-13,16H,2-5H2,1H3,(H,26,29). The number of ether oxygens (including phenoxy) is 1. The number of rotatable bonds is 6. The van der Waals surface area contributed by atoms with Crippen LogP contribution in [0.1, 0.15) is 47.0 Å². The van der Waals surface area contributed by atoms with Crippen molar-refractivity contribution in [3.8, 4) is 16.9 Å². The number of aromatic nitrogens is 2. The number of hydrogen-bond donors (Lipinski definition) is 1. The zero-order valence-electron chi connectivity index (χ0n) is 16.9. The smallest absolute Gasteiger partial charge is 0.358 e. The van der Waals surface area contributed by atoms with Gasteiger partial charge in [-0.15, -0.1) is 0 Å². The number of nitrogens with one attached hydrogen (secondary N) is 1. The van der Waals surface area contributed by atoms with Crippen LogP contribution < -0.4 is 5.32 Å². The van der Waals surface area contributed by atoms with Gasteiger partial charge in [-0.2, -0.15) is 5.10 Å². The quantitative estimate of drug-likeness (QED) is 0.509. The van der Waals surface area contributed by atoms with Crippen LogP contribution >= 0.6 is 23.2 Å². The molecule has 1 fully saturated rings. The first-order valence-corrected chi connectivity index (χ1v) is 10.9. The fraction of sp³-hybridized carbons (Fsp3) is 0.261. The van der Waals surface area contributed by atoms with Crippen molar-refractivity contribution in [2.24, 2.45) is 0 Å². The van der Waals surface area contributed by atoms with Gasteiger partial charge >= 0.3 is 5.97 Å². The third-order valence-electron chi connectivity index (χ3n) is 5.22. The maximum atomic E-state index is 12.4. The fourth-order valence-corrected chi connectivity index (χ4v) is 3.85. The van der Waals surface area contributed by atoms with E-state index in [1.165, 1.54) is 0 Å². The Morgan fingerprint density at radius 2 is 1.87 bits per heavy atom. The predicted molar refractivity (Wildman–Crippen MR) is 120 cm³/mol. The Morgan fingerprint density at radius 3 is 2.48 bits per heavy atom. The van der Waals surface area contributed by atoms with Gasteiger partial charge in [0.25, 0.3) is 5.91 Å². The van der Waals surface area contributed by atoms with Gasteiger partial charge in [-0.05, 0) is 74.7 Å². The molecule has 0 atom stereocenters. The summed E-state index contributed by atoms with van der Waals surface area (Å²) in [4.78, 5) is 24.7. The van der Waals surface area contributed by atoms with Gasteiger partial charge in [0.05, 0.1) is 23.0 Å². The largest absolute Gasteiger partial charge is 0.461 e. The lowest BCUT2D eigenvalue weighted by Gasteiger charge is -2.26. The van der Waals surface area contributed by atoms with Crippen LogP contribution in [0.25, 0.3) is 16.9 Å². The van der Waals surface area contributed by atoms with Crippen LogP contribution in [-0.4, -0.2) is 34.3 Å². The van der Waals surface area contributed by atoms with Crippen LogP contribution in [0.15, 0.2) is 48.5 Å².